The van der Waals surface area contributed by atoms with Gasteiger partial charge in [0.15, 0.2) is 12.4 Å². The molecule has 0 spiro atoms. The monoisotopic (exact) mass is 500 g/mol. The minimum absolute atomic E-state index is 0.138. The molecule has 0 saturated heterocycles. The molecule has 10 nitrogen and oxygen atoms in total. The van der Waals surface area contributed by atoms with Crippen LogP contribution in [0.3, 0.4) is 0 Å². The van der Waals surface area contributed by atoms with Gasteiger partial charge in [-0.3, -0.25) is 25.0 Å². The fourth-order valence-corrected chi connectivity index (χ4v) is 2.83. The maximum Gasteiger partial charge on any atom is 0.338 e. The summed E-state index contributed by atoms with van der Waals surface area (Å²) in [6.07, 6.45) is 0. The molecule has 3 aromatic carbocycles. The van der Waals surface area contributed by atoms with Crippen molar-refractivity contribution in [2.45, 2.75) is 0 Å². The van der Waals surface area contributed by atoms with E-state index in [4.69, 9.17) is 9.47 Å². The highest BCUT2D eigenvalue weighted by Crippen LogP contribution is 2.34. The van der Waals surface area contributed by atoms with Gasteiger partial charge in [0.1, 0.15) is 5.75 Å². The molecule has 32 heavy (non-hydrogen) atoms. The number of Topliss-reactive ketones (excluding diaryl/α,β-unsaturated/α-hetero) is 1. The summed E-state index contributed by atoms with van der Waals surface area (Å²) in [5, 5.41) is 22.0. The molecule has 162 valence electrons. The molecule has 0 fully saturated rings. The first-order chi connectivity index (χ1) is 15.2. The van der Waals surface area contributed by atoms with E-state index < -0.39 is 33.8 Å². The zero-order valence-electron chi connectivity index (χ0n) is 16.1. The smallest absolute Gasteiger partial charge is 0.338 e. The van der Waals surface area contributed by atoms with Crippen LogP contribution in [0.25, 0.3) is 0 Å². The van der Waals surface area contributed by atoms with E-state index in [0.717, 1.165) is 22.7 Å². The summed E-state index contributed by atoms with van der Waals surface area (Å²) in [5.74, 6) is -1.14. The largest absolute Gasteiger partial charge is 0.454 e. The number of rotatable bonds is 8. The number of nitrogens with zero attached hydrogens (tertiary/aromatic N) is 2. The third kappa shape index (κ3) is 5.52. The van der Waals surface area contributed by atoms with E-state index >= 15 is 0 Å². The van der Waals surface area contributed by atoms with Crippen LogP contribution in [-0.4, -0.2) is 28.2 Å². The molecule has 0 aliphatic heterocycles. The number of carbonyl (C=O) groups excluding carboxylic acids is 2. The molecule has 0 aliphatic carbocycles. The van der Waals surface area contributed by atoms with Gasteiger partial charge in [0.05, 0.1) is 21.5 Å². The van der Waals surface area contributed by atoms with Gasteiger partial charge < -0.3 is 9.47 Å². The van der Waals surface area contributed by atoms with E-state index in [1.165, 1.54) is 24.3 Å². The summed E-state index contributed by atoms with van der Waals surface area (Å²) in [4.78, 5) is 44.7. The molecular formula is C21H13BrN2O8. The summed E-state index contributed by atoms with van der Waals surface area (Å²) in [6, 6.07) is 15.1. The molecule has 11 heteroatoms. The van der Waals surface area contributed by atoms with Gasteiger partial charge in [0.25, 0.3) is 5.69 Å². The SMILES string of the molecule is O=C(COC(=O)c1ccc(Oc2ccc([N+](=O)[O-])cc2[N+](=O)[O-])cc1)c1ccc(Br)cc1. The fraction of sp³-hybridized carbons (Fsp3) is 0.0476. The lowest BCUT2D eigenvalue weighted by Crippen LogP contribution is -2.14. The number of nitro benzene ring substituents is 2. The van der Waals surface area contributed by atoms with Crippen molar-refractivity contribution in [3.8, 4) is 11.5 Å². The Bertz CT molecular complexity index is 1190. The number of ketones is 1. The van der Waals surface area contributed by atoms with Crippen LogP contribution in [0.1, 0.15) is 20.7 Å². The Balaban J connectivity index is 1.65. The Labute approximate surface area is 188 Å². The molecule has 0 bridgehead atoms. The molecule has 3 aromatic rings. The van der Waals surface area contributed by atoms with Crippen molar-refractivity contribution in [1.82, 2.24) is 0 Å². The number of carbonyl (C=O) groups is 2. The molecule has 3 rings (SSSR count). The average Bonchev–Trinajstić information content (AvgIpc) is 2.78. The van der Waals surface area contributed by atoms with Gasteiger partial charge in [-0.1, -0.05) is 28.1 Å². The van der Waals surface area contributed by atoms with Crippen molar-refractivity contribution >= 4 is 39.1 Å². The lowest BCUT2D eigenvalue weighted by atomic mass is 10.1. The number of hydrogen-bond donors (Lipinski definition) is 0. The van der Waals surface area contributed by atoms with Crippen LogP contribution in [0.2, 0.25) is 0 Å². The number of ether oxygens (including phenoxy) is 2. The number of halogens is 1. The number of benzene rings is 3. The summed E-state index contributed by atoms with van der Waals surface area (Å²) >= 11 is 3.27. The van der Waals surface area contributed by atoms with E-state index in [1.807, 2.05) is 0 Å². The van der Waals surface area contributed by atoms with Crippen LogP contribution in [0.4, 0.5) is 11.4 Å². The van der Waals surface area contributed by atoms with Crippen LogP contribution < -0.4 is 4.74 Å². The molecule has 0 aliphatic rings. The normalized spacial score (nSPS) is 10.3. The van der Waals surface area contributed by atoms with Crippen LogP contribution in [-0.2, 0) is 4.74 Å². The lowest BCUT2D eigenvalue weighted by Gasteiger charge is -2.08. The molecular weight excluding hydrogens is 488 g/mol. The van der Waals surface area contributed by atoms with Crippen molar-refractivity contribution < 1.29 is 28.9 Å². The molecule has 0 unspecified atom stereocenters. The van der Waals surface area contributed by atoms with E-state index in [2.05, 4.69) is 15.9 Å². The molecule has 0 heterocycles. The van der Waals surface area contributed by atoms with Crippen LogP contribution >= 0.6 is 15.9 Å². The Morgan fingerprint density at radius 2 is 1.47 bits per heavy atom. The highest BCUT2D eigenvalue weighted by Gasteiger charge is 2.21. The second-order valence-corrected chi connectivity index (χ2v) is 7.21. The lowest BCUT2D eigenvalue weighted by molar-refractivity contribution is -0.394. The minimum Gasteiger partial charge on any atom is -0.454 e. The van der Waals surface area contributed by atoms with Gasteiger partial charge in [0.2, 0.25) is 5.75 Å². The van der Waals surface area contributed by atoms with Gasteiger partial charge in [-0.25, -0.2) is 4.79 Å². The van der Waals surface area contributed by atoms with Crippen molar-refractivity contribution in [1.29, 1.82) is 0 Å². The third-order valence-corrected chi connectivity index (χ3v) is 4.70. The maximum absolute atomic E-state index is 12.2. The molecule has 0 radical (unpaired) electrons. The highest BCUT2D eigenvalue weighted by atomic mass is 79.9. The topological polar surface area (TPSA) is 139 Å². The molecule has 0 amide bonds. The Morgan fingerprint density at radius 1 is 0.844 bits per heavy atom. The second kappa shape index (κ2) is 9.79. The highest BCUT2D eigenvalue weighted by molar-refractivity contribution is 9.10. The first kappa shape index (κ1) is 22.6. The van der Waals surface area contributed by atoms with Gasteiger partial charge in [-0.15, -0.1) is 0 Å². The molecule has 0 N–H and O–H groups in total. The van der Waals surface area contributed by atoms with E-state index in [1.54, 1.807) is 24.3 Å². The summed E-state index contributed by atoms with van der Waals surface area (Å²) in [5.41, 5.74) is -0.484. The van der Waals surface area contributed by atoms with E-state index in [-0.39, 0.29) is 22.8 Å². The third-order valence-electron chi connectivity index (χ3n) is 4.17. The summed E-state index contributed by atoms with van der Waals surface area (Å²) in [7, 11) is 0. The number of nitro groups is 2. The van der Waals surface area contributed by atoms with Crippen LogP contribution in [0.5, 0.6) is 11.5 Å². The number of esters is 1. The second-order valence-electron chi connectivity index (χ2n) is 6.30. The van der Waals surface area contributed by atoms with Gasteiger partial charge in [-0.2, -0.15) is 0 Å². The fourth-order valence-electron chi connectivity index (χ4n) is 2.57. The van der Waals surface area contributed by atoms with Crippen LogP contribution in [0, 0.1) is 20.2 Å². The van der Waals surface area contributed by atoms with Gasteiger partial charge in [-0.05, 0) is 42.5 Å². The Hall–Kier alpha value is -4.12. The first-order valence-corrected chi connectivity index (χ1v) is 9.70. The average molecular weight is 501 g/mol. The maximum atomic E-state index is 12.2. The van der Waals surface area contributed by atoms with Crippen molar-refractivity contribution in [2.75, 3.05) is 6.61 Å². The van der Waals surface area contributed by atoms with Gasteiger partial charge >= 0.3 is 11.7 Å². The van der Waals surface area contributed by atoms with E-state index in [9.17, 15) is 29.8 Å². The first-order valence-electron chi connectivity index (χ1n) is 8.91. The van der Waals surface area contributed by atoms with E-state index in [0.29, 0.717) is 5.56 Å². The summed E-state index contributed by atoms with van der Waals surface area (Å²) < 4.78 is 11.3. The van der Waals surface area contributed by atoms with Crippen molar-refractivity contribution in [2.24, 2.45) is 0 Å². The van der Waals surface area contributed by atoms with Crippen molar-refractivity contribution in [3.63, 3.8) is 0 Å². The predicted octanol–water partition coefficient (Wildman–Crippen LogP) is 5.10. The van der Waals surface area contributed by atoms with Gasteiger partial charge in [0, 0.05) is 16.1 Å². The molecule has 0 atom stereocenters. The quantitative estimate of drug-likeness (QED) is 0.180. The standard InChI is InChI=1S/C21H13BrN2O8/c22-15-5-1-13(2-6-15)19(25)12-31-21(26)14-3-8-17(9-4-14)32-20-10-7-16(23(27)28)11-18(20)24(29)30/h1-11H,12H2. The Morgan fingerprint density at radius 3 is 2.06 bits per heavy atom. The van der Waals surface area contributed by atoms with Crippen LogP contribution in [0.15, 0.2) is 71.2 Å². The molecule has 0 aromatic heterocycles. The van der Waals surface area contributed by atoms with Crippen molar-refractivity contribution in [3.05, 3.63) is 103 Å². The minimum atomic E-state index is -0.795. The summed E-state index contributed by atoms with van der Waals surface area (Å²) in [6.45, 7) is -0.437. The molecule has 0 saturated carbocycles. The number of hydrogen-bond acceptors (Lipinski definition) is 8. The Kier molecular flexibility index (Phi) is 6.90. The predicted molar refractivity (Wildman–Crippen MR) is 115 cm³/mol. The number of non-ortho nitro benzene ring substituents is 1. The zero-order valence-corrected chi connectivity index (χ0v) is 17.7. The zero-order chi connectivity index (χ0) is 23.3.